The first-order valence-electron chi connectivity index (χ1n) is 10.1. The zero-order chi connectivity index (χ0) is 20.2. The van der Waals surface area contributed by atoms with Gasteiger partial charge in [0.05, 0.1) is 0 Å². The summed E-state index contributed by atoms with van der Waals surface area (Å²) in [5, 5.41) is 10.1. The number of carbonyl (C=O) groups is 2. The van der Waals surface area contributed by atoms with Crippen LogP contribution in [0.5, 0.6) is 0 Å². The molecule has 6 nitrogen and oxygen atoms in total. The number of H-pyrrole nitrogens is 1. The van der Waals surface area contributed by atoms with E-state index in [1.165, 1.54) is 5.56 Å². The van der Waals surface area contributed by atoms with E-state index >= 15 is 0 Å². The highest BCUT2D eigenvalue weighted by Crippen LogP contribution is 2.38. The van der Waals surface area contributed by atoms with E-state index in [0.717, 1.165) is 30.7 Å². The Balaban J connectivity index is 1.33. The molecule has 1 saturated carbocycles. The summed E-state index contributed by atoms with van der Waals surface area (Å²) in [6.45, 7) is 2.07. The van der Waals surface area contributed by atoms with Crippen molar-refractivity contribution < 1.29 is 9.59 Å². The lowest BCUT2D eigenvalue weighted by Crippen LogP contribution is -2.13. The molecule has 1 heterocycles. The number of anilines is 1. The summed E-state index contributed by atoms with van der Waals surface area (Å²) < 4.78 is 0. The fraction of sp³-hybridized carbons (Fsp3) is 0.304. The zero-order valence-electron chi connectivity index (χ0n) is 16.4. The number of Topliss-reactive ketones (excluding diaryl/α,β-unsaturated/α-hetero) is 1. The Bertz CT molecular complexity index is 1020. The molecule has 1 aliphatic rings. The van der Waals surface area contributed by atoms with Crippen LogP contribution in [-0.4, -0.2) is 26.9 Å². The second kappa shape index (κ2) is 8.39. The van der Waals surface area contributed by atoms with Crippen LogP contribution in [0, 0.1) is 0 Å². The van der Waals surface area contributed by atoms with Gasteiger partial charge in [0, 0.05) is 35.6 Å². The summed E-state index contributed by atoms with van der Waals surface area (Å²) >= 11 is 0. The number of carbonyl (C=O) groups excluding carboxylic acids is 2. The number of hydrogen-bond acceptors (Lipinski definition) is 4. The Kier molecular flexibility index (Phi) is 5.51. The van der Waals surface area contributed by atoms with Crippen LogP contribution in [0.25, 0.3) is 11.4 Å². The van der Waals surface area contributed by atoms with Gasteiger partial charge >= 0.3 is 0 Å². The topological polar surface area (TPSA) is 87.7 Å². The molecule has 0 saturated heterocycles. The van der Waals surface area contributed by atoms with E-state index in [0.29, 0.717) is 23.0 Å². The van der Waals surface area contributed by atoms with Crippen molar-refractivity contribution in [3.63, 3.8) is 0 Å². The van der Waals surface area contributed by atoms with Crippen LogP contribution < -0.4 is 5.32 Å². The molecule has 3 aromatic rings. The minimum Gasteiger partial charge on any atom is -0.326 e. The highest BCUT2D eigenvalue weighted by Gasteiger charge is 2.27. The fourth-order valence-corrected chi connectivity index (χ4v) is 3.20. The predicted molar refractivity (Wildman–Crippen MR) is 112 cm³/mol. The van der Waals surface area contributed by atoms with Crippen molar-refractivity contribution in [2.75, 3.05) is 5.32 Å². The highest BCUT2D eigenvalue weighted by molar-refractivity contribution is 6.00. The number of nitrogens with one attached hydrogen (secondary N) is 2. The van der Waals surface area contributed by atoms with Crippen LogP contribution in [0.1, 0.15) is 60.3 Å². The Morgan fingerprint density at radius 3 is 2.62 bits per heavy atom. The van der Waals surface area contributed by atoms with Gasteiger partial charge < -0.3 is 5.32 Å². The van der Waals surface area contributed by atoms with Crippen LogP contribution in [-0.2, 0) is 11.2 Å². The number of aromatic amines is 1. The maximum absolute atomic E-state index is 12.3. The molecular weight excluding hydrogens is 364 g/mol. The van der Waals surface area contributed by atoms with Crippen molar-refractivity contribution in [1.82, 2.24) is 15.2 Å². The number of amides is 1. The van der Waals surface area contributed by atoms with Gasteiger partial charge in [-0.15, -0.1) is 0 Å². The Morgan fingerprint density at radius 1 is 1.10 bits per heavy atom. The summed E-state index contributed by atoms with van der Waals surface area (Å²) in [6, 6.07) is 15.0. The monoisotopic (exact) mass is 388 g/mol. The van der Waals surface area contributed by atoms with Crippen molar-refractivity contribution in [2.24, 2.45) is 0 Å². The average molecular weight is 388 g/mol. The first-order valence-corrected chi connectivity index (χ1v) is 10.1. The quantitative estimate of drug-likeness (QED) is 0.556. The van der Waals surface area contributed by atoms with Gasteiger partial charge in [0.25, 0.3) is 0 Å². The average Bonchev–Trinajstić information content (AvgIpc) is 3.48. The first kappa shape index (κ1) is 19.1. The molecule has 0 bridgehead atoms. The Labute approximate surface area is 169 Å². The molecular formula is C23H24N4O2. The molecule has 0 atom stereocenters. The second-order valence-electron chi connectivity index (χ2n) is 7.42. The molecule has 0 aliphatic heterocycles. The number of benzene rings is 2. The van der Waals surface area contributed by atoms with Crippen LogP contribution in [0.3, 0.4) is 0 Å². The van der Waals surface area contributed by atoms with Gasteiger partial charge in [-0.3, -0.25) is 14.7 Å². The maximum Gasteiger partial charge on any atom is 0.224 e. The summed E-state index contributed by atoms with van der Waals surface area (Å²) in [4.78, 5) is 29.1. The third kappa shape index (κ3) is 4.77. The van der Waals surface area contributed by atoms with Crippen LogP contribution in [0.4, 0.5) is 5.69 Å². The van der Waals surface area contributed by atoms with E-state index < -0.39 is 0 Å². The van der Waals surface area contributed by atoms with Gasteiger partial charge in [0.2, 0.25) is 5.91 Å². The van der Waals surface area contributed by atoms with E-state index in [1.807, 2.05) is 48.5 Å². The summed E-state index contributed by atoms with van der Waals surface area (Å²) in [6.07, 6.45) is 3.58. The maximum atomic E-state index is 12.3. The van der Waals surface area contributed by atoms with Crippen molar-refractivity contribution in [3.05, 3.63) is 65.5 Å². The first-order chi connectivity index (χ1) is 14.1. The number of aryl methyl sites for hydroxylation is 1. The molecule has 0 radical (unpaired) electrons. The number of nitrogens with zero attached hydrogens (tertiary/aromatic N) is 2. The van der Waals surface area contributed by atoms with Gasteiger partial charge in [-0.05, 0) is 37.0 Å². The van der Waals surface area contributed by atoms with Crippen LogP contribution >= 0.6 is 0 Å². The zero-order valence-corrected chi connectivity index (χ0v) is 16.4. The van der Waals surface area contributed by atoms with Gasteiger partial charge in [0.1, 0.15) is 5.82 Å². The third-order valence-corrected chi connectivity index (χ3v) is 5.13. The van der Waals surface area contributed by atoms with Gasteiger partial charge in [-0.1, -0.05) is 43.3 Å². The Hall–Kier alpha value is -3.28. The minimum absolute atomic E-state index is 0.0233. The van der Waals surface area contributed by atoms with Crippen molar-refractivity contribution in [3.8, 4) is 11.4 Å². The summed E-state index contributed by atoms with van der Waals surface area (Å²) in [5.41, 5.74) is 3.35. The van der Waals surface area contributed by atoms with Crippen molar-refractivity contribution >= 4 is 17.4 Å². The number of aromatic nitrogens is 3. The van der Waals surface area contributed by atoms with Crippen molar-refractivity contribution in [2.45, 2.75) is 44.9 Å². The van der Waals surface area contributed by atoms with E-state index in [-0.39, 0.29) is 24.5 Å². The minimum atomic E-state index is -0.186. The number of rotatable bonds is 8. The molecule has 6 heteroatoms. The smallest absolute Gasteiger partial charge is 0.224 e. The highest BCUT2D eigenvalue weighted by atomic mass is 16.2. The van der Waals surface area contributed by atoms with E-state index in [9.17, 15) is 9.59 Å². The molecule has 29 heavy (non-hydrogen) atoms. The summed E-state index contributed by atoms with van der Waals surface area (Å²) in [5.74, 6) is 1.86. The number of hydrogen-bond donors (Lipinski definition) is 2. The van der Waals surface area contributed by atoms with E-state index in [1.54, 1.807) is 0 Å². The van der Waals surface area contributed by atoms with Crippen LogP contribution in [0.2, 0.25) is 0 Å². The summed E-state index contributed by atoms with van der Waals surface area (Å²) in [7, 11) is 0. The fourth-order valence-electron chi connectivity index (χ4n) is 3.20. The molecule has 2 N–H and O–H groups in total. The molecule has 1 aromatic heterocycles. The van der Waals surface area contributed by atoms with Gasteiger partial charge in [-0.25, -0.2) is 4.98 Å². The molecule has 0 unspecified atom stereocenters. The third-order valence-electron chi connectivity index (χ3n) is 5.13. The van der Waals surface area contributed by atoms with Crippen molar-refractivity contribution in [1.29, 1.82) is 0 Å². The normalized spacial score (nSPS) is 13.3. The molecule has 2 aromatic carbocycles. The van der Waals surface area contributed by atoms with Crippen LogP contribution in [0.15, 0.2) is 48.5 Å². The molecule has 1 aliphatic carbocycles. The largest absolute Gasteiger partial charge is 0.326 e. The van der Waals surface area contributed by atoms with E-state index in [4.69, 9.17) is 0 Å². The lowest BCUT2D eigenvalue weighted by Gasteiger charge is -2.06. The van der Waals surface area contributed by atoms with E-state index in [2.05, 4.69) is 27.4 Å². The Morgan fingerprint density at radius 2 is 1.90 bits per heavy atom. The molecule has 1 fully saturated rings. The molecule has 0 spiro atoms. The number of ketones is 1. The SMILES string of the molecule is CCc1ccc(C(=O)CCC(=O)Nc2cccc(-c3n[nH]c(C4CC4)n3)c2)cc1. The second-order valence-corrected chi connectivity index (χ2v) is 7.42. The molecule has 1 amide bonds. The van der Waals surface area contributed by atoms with Gasteiger partial charge in [-0.2, -0.15) is 5.10 Å². The standard InChI is InChI=1S/C23H24N4O2/c1-2-15-6-8-16(9-7-15)20(28)12-13-21(29)24-19-5-3-4-18(14-19)23-25-22(26-27-23)17-10-11-17/h3-9,14,17H,2,10-13H2,1H3,(H,24,29)(H,25,26,27). The predicted octanol–water partition coefficient (Wildman–Crippen LogP) is 4.51. The lowest BCUT2D eigenvalue weighted by molar-refractivity contribution is -0.116. The molecule has 148 valence electrons. The van der Waals surface area contributed by atoms with Gasteiger partial charge in [0.15, 0.2) is 11.6 Å². The molecule has 4 rings (SSSR count). The lowest BCUT2D eigenvalue weighted by atomic mass is 10.0.